The maximum Gasteiger partial charge on any atom is 0.163 e. The first-order valence-corrected chi connectivity index (χ1v) is 7.45. The molecule has 2 aromatic rings. The van der Waals surface area contributed by atoms with Gasteiger partial charge in [0.05, 0.1) is 0 Å². The number of nitrogens with one attached hydrogen (secondary N) is 2. The van der Waals surface area contributed by atoms with Crippen molar-refractivity contribution in [1.29, 1.82) is 0 Å². The number of rotatable bonds is 3. The Morgan fingerprint density at radius 1 is 1.24 bits per heavy atom. The van der Waals surface area contributed by atoms with E-state index in [-0.39, 0.29) is 5.78 Å². The summed E-state index contributed by atoms with van der Waals surface area (Å²) in [6.45, 7) is 0. The molecule has 0 bridgehead atoms. The Morgan fingerprint density at radius 2 is 2.19 bits per heavy atom. The fourth-order valence-electron chi connectivity index (χ4n) is 3.16. The van der Waals surface area contributed by atoms with Crippen molar-refractivity contribution < 1.29 is 4.79 Å². The van der Waals surface area contributed by atoms with Crippen LogP contribution in [0.5, 0.6) is 0 Å². The number of allylic oxidation sites excluding steroid dienone is 2. The summed E-state index contributed by atoms with van der Waals surface area (Å²) in [7, 11) is 0. The third-order valence-corrected chi connectivity index (χ3v) is 4.31. The summed E-state index contributed by atoms with van der Waals surface area (Å²) in [5.74, 6) is 1.55. The van der Waals surface area contributed by atoms with Crippen molar-refractivity contribution in [2.75, 3.05) is 5.32 Å². The van der Waals surface area contributed by atoms with E-state index < -0.39 is 0 Å². The molecule has 4 nitrogen and oxygen atoms in total. The normalized spacial score (nSPS) is 20.0. The van der Waals surface area contributed by atoms with Gasteiger partial charge in [-0.25, -0.2) is 0 Å². The summed E-state index contributed by atoms with van der Waals surface area (Å²) >= 11 is 0. The maximum atomic E-state index is 11.6. The highest BCUT2D eigenvalue weighted by Gasteiger charge is 2.19. The Balaban J connectivity index is 1.54. The number of carbonyl (C=O) groups excluding carboxylic acids is 1. The molecule has 1 aromatic heterocycles. The summed E-state index contributed by atoms with van der Waals surface area (Å²) < 4.78 is 0. The highest BCUT2D eigenvalue weighted by Crippen LogP contribution is 2.30. The van der Waals surface area contributed by atoms with Crippen LogP contribution in [0.1, 0.15) is 46.8 Å². The van der Waals surface area contributed by atoms with E-state index in [1.807, 2.05) is 12.1 Å². The minimum atomic E-state index is 0.256. The number of carbonyl (C=O) groups is 1. The number of hydrogen-bond donors (Lipinski definition) is 2. The van der Waals surface area contributed by atoms with Gasteiger partial charge in [-0.3, -0.25) is 9.89 Å². The predicted molar refractivity (Wildman–Crippen MR) is 82.1 cm³/mol. The van der Waals surface area contributed by atoms with Gasteiger partial charge in [0.2, 0.25) is 0 Å². The van der Waals surface area contributed by atoms with E-state index in [2.05, 4.69) is 39.8 Å². The van der Waals surface area contributed by atoms with Crippen LogP contribution in [0.2, 0.25) is 0 Å². The van der Waals surface area contributed by atoms with E-state index in [0.717, 1.165) is 47.6 Å². The molecule has 2 aliphatic rings. The molecule has 0 spiro atoms. The van der Waals surface area contributed by atoms with E-state index in [1.165, 1.54) is 0 Å². The molecule has 4 heteroatoms. The molecule has 0 saturated carbocycles. The number of ketones is 1. The largest absolute Gasteiger partial charge is 0.339 e. The van der Waals surface area contributed by atoms with Crippen LogP contribution in [-0.2, 0) is 6.42 Å². The van der Waals surface area contributed by atoms with Crippen molar-refractivity contribution >= 4 is 17.3 Å². The lowest BCUT2D eigenvalue weighted by molar-refractivity contribution is 0.0994. The zero-order valence-electron chi connectivity index (χ0n) is 11.7. The van der Waals surface area contributed by atoms with Gasteiger partial charge in [0.1, 0.15) is 0 Å². The summed E-state index contributed by atoms with van der Waals surface area (Å²) in [6, 6.07) is 7.99. The average Bonchev–Trinajstić information content (AvgIpc) is 3.20. The Morgan fingerprint density at radius 3 is 3.05 bits per heavy atom. The zero-order valence-corrected chi connectivity index (χ0v) is 11.7. The van der Waals surface area contributed by atoms with E-state index in [4.69, 9.17) is 0 Å². The number of anilines is 2. The number of fused-ring (bicyclic) bond motifs is 1. The standard InChI is InChI=1S/C17H17N3O/c21-16-8-5-12-9-13(6-7-14(12)16)18-17-10-15(19-20-17)11-3-1-2-4-11/h1,3,6-7,9-11H,2,4-5,8H2,(H2,18,19,20)/t11-/m1/s1. The van der Waals surface area contributed by atoms with Crippen molar-refractivity contribution in [3.63, 3.8) is 0 Å². The highest BCUT2D eigenvalue weighted by molar-refractivity contribution is 6.00. The molecule has 0 fully saturated rings. The maximum absolute atomic E-state index is 11.6. The monoisotopic (exact) mass is 279 g/mol. The number of hydrogen-bond acceptors (Lipinski definition) is 3. The third-order valence-electron chi connectivity index (χ3n) is 4.31. The lowest BCUT2D eigenvalue weighted by Crippen LogP contribution is -1.94. The van der Waals surface area contributed by atoms with Gasteiger partial charge >= 0.3 is 0 Å². The number of aromatic amines is 1. The third kappa shape index (κ3) is 2.27. The van der Waals surface area contributed by atoms with Gasteiger partial charge in [0, 0.05) is 35.3 Å². The first-order valence-electron chi connectivity index (χ1n) is 7.45. The van der Waals surface area contributed by atoms with Crippen LogP contribution in [0.25, 0.3) is 0 Å². The van der Waals surface area contributed by atoms with Crippen molar-refractivity contribution in [2.45, 2.75) is 31.6 Å². The summed E-state index contributed by atoms with van der Waals surface area (Å²) in [6.07, 6.45) is 8.24. The second-order valence-corrected chi connectivity index (χ2v) is 5.74. The molecule has 0 radical (unpaired) electrons. The minimum absolute atomic E-state index is 0.256. The highest BCUT2D eigenvalue weighted by atomic mass is 16.1. The molecule has 0 saturated heterocycles. The van der Waals surface area contributed by atoms with Crippen molar-refractivity contribution in [2.24, 2.45) is 0 Å². The van der Waals surface area contributed by atoms with Crippen LogP contribution < -0.4 is 5.32 Å². The fourth-order valence-corrected chi connectivity index (χ4v) is 3.16. The van der Waals surface area contributed by atoms with Crippen molar-refractivity contribution in [1.82, 2.24) is 10.2 Å². The quantitative estimate of drug-likeness (QED) is 0.842. The summed E-state index contributed by atoms with van der Waals surface area (Å²) in [5, 5.41) is 10.8. The van der Waals surface area contributed by atoms with Crippen LogP contribution >= 0.6 is 0 Å². The van der Waals surface area contributed by atoms with Gasteiger partial charge < -0.3 is 5.32 Å². The molecule has 0 amide bonds. The molecule has 1 aromatic carbocycles. The fraction of sp³-hybridized carbons (Fsp3) is 0.294. The molecule has 0 unspecified atom stereocenters. The smallest absolute Gasteiger partial charge is 0.163 e. The molecule has 106 valence electrons. The number of aryl methyl sites for hydroxylation is 1. The Hall–Kier alpha value is -2.36. The van der Waals surface area contributed by atoms with Crippen molar-refractivity contribution in [3.8, 4) is 0 Å². The average molecular weight is 279 g/mol. The molecule has 21 heavy (non-hydrogen) atoms. The number of H-pyrrole nitrogens is 1. The van der Waals surface area contributed by atoms with E-state index in [9.17, 15) is 4.79 Å². The Kier molecular flexibility index (Phi) is 2.88. The van der Waals surface area contributed by atoms with E-state index >= 15 is 0 Å². The molecule has 2 N–H and O–H groups in total. The first-order chi connectivity index (χ1) is 10.3. The molecular weight excluding hydrogens is 262 g/mol. The second kappa shape index (κ2) is 4.88. The van der Waals surface area contributed by atoms with Crippen LogP contribution in [0.3, 0.4) is 0 Å². The number of nitrogens with zero attached hydrogens (tertiary/aromatic N) is 1. The number of benzene rings is 1. The molecule has 4 rings (SSSR count). The first kappa shape index (κ1) is 12.4. The van der Waals surface area contributed by atoms with Gasteiger partial charge in [0.15, 0.2) is 11.6 Å². The lowest BCUT2D eigenvalue weighted by atomic mass is 10.1. The van der Waals surface area contributed by atoms with Crippen LogP contribution in [0, 0.1) is 0 Å². The minimum Gasteiger partial charge on any atom is -0.339 e. The van der Waals surface area contributed by atoms with E-state index in [1.54, 1.807) is 0 Å². The summed E-state index contributed by atoms with van der Waals surface area (Å²) in [4.78, 5) is 11.6. The lowest BCUT2D eigenvalue weighted by Gasteiger charge is -2.05. The van der Waals surface area contributed by atoms with Gasteiger partial charge in [-0.1, -0.05) is 12.2 Å². The predicted octanol–water partition coefficient (Wildman–Crippen LogP) is 3.72. The number of Topliss-reactive ketones (excluding diaryl/α,β-unsaturated/α-hetero) is 1. The summed E-state index contributed by atoms with van der Waals surface area (Å²) in [5.41, 5.74) is 4.16. The molecular formula is C17H17N3O. The van der Waals surface area contributed by atoms with Crippen LogP contribution in [-0.4, -0.2) is 16.0 Å². The van der Waals surface area contributed by atoms with Gasteiger partial charge in [-0.2, -0.15) is 5.10 Å². The topological polar surface area (TPSA) is 57.8 Å². The van der Waals surface area contributed by atoms with Crippen LogP contribution in [0.4, 0.5) is 11.5 Å². The molecule has 2 aliphatic carbocycles. The van der Waals surface area contributed by atoms with Gasteiger partial charge in [-0.15, -0.1) is 0 Å². The van der Waals surface area contributed by atoms with Crippen molar-refractivity contribution in [3.05, 3.63) is 53.2 Å². The van der Waals surface area contributed by atoms with Crippen LogP contribution in [0.15, 0.2) is 36.4 Å². The number of aromatic nitrogens is 2. The Bertz CT molecular complexity index is 729. The van der Waals surface area contributed by atoms with Gasteiger partial charge in [-0.05, 0) is 43.0 Å². The molecule has 0 aliphatic heterocycles. The second-order valence-electron chi connectivity index (χ2n) is 5.74. The SMILES string of the molecule is O=C1CCc2cc(Nc3cc([C@@H]4C=CCC4)[nH]n3)ccc21. The van der Waals surface area contributed by atoms with E-state index in [0.29, 0.717) is 12.3 Å². The zero-order chi connectivity index (χ0) is 14.2. The molecule has 1 atom stereocenters. The Labute approximate surface area is 123 Å². The van der Waals surface area contributed by atoms with Gasteiger partial charge in [0.25, 0.3) is 0 Å². The molecule has 1 heterocycles.